The van der Waals surface area contributed by atoms with Crippen molar-refractivity contribution in [2.75, 3.05) is 26.2 Å². The summed E-state index contributed by atoms with van der Waals surface area (Å²) in [5.74, 6) is 0. The number of nitrogens with zero attached hydrogens (tertiary/aromatic N) is 6. The van der Waals surface area contributed by atoms with E-state index in [-0.39, 0.29) is 23.7 Å². The van der Waals surface area contributed by atoms with Gasteiger partial charge in [0.05, 0.1) is 27.4 Å². The molecule has 0 amide bonds. The van der Waals surface area contributed by atoms with Gasteiger partial charge in [-0.25, -0.2) is 13.4 Å². The number of sulfonamides is 1. The first-order valence-electron chi connectivity index (χ1n) is 15.0. The number of halogens is 3. The molecule has 0 saturated carbocycles. The second kappa shape index (κ2) is 12.1. The third kappa shape index (κ3) is 5.89. The molecule has 3 aromatic carbocycles. The zero-order valence-electron chi connectivity index (χ0n) is 25.2. The minimum Gasteiger partial charge on any atom is -0.301 e. The number of piperazine rings is 1. The molecule has 48 heavy (non-hydrogen) atoms. The molecule has 0 spiro atoms. The van der Waals surface area contributed by atoms with Gasteiger partial charge in [0.2, 0.25) is 10.0 Å². The molecule has 0 bridgehead atoms. The van der Waals surface area contributed by atoms with Gasteiger partial charge in [-0.1, -0.05) is 42.5 Å². The Hall–Kier alpha value is -5.18. The van der Waals surface area contributed by atoms with E-state index in [1.165, 1.54) is 22.5 Å². The van der Waals surface area contributed by atoms with E-state index in [2.05, 4.69) is 9.88 Å². The molecule has 1 aliphatic heterocycles. The summed E-state index contributed by atoms with van der Waals surface area (Å²) in [6.45, 7) is 1.49. The number of pyridine rings is 2. The Labute approximate surface area is 272 Å². The highest BCUT2D eigenvalue weighted by Gasteiger charge is 2.32. The van der Waals surface area contributed by atoms with Crippen LogP contribution in [0.25, 0.3) is 38.9 Å². The van der Waals surface area contributed by atoms with Crippen LogP contribution in [0.15, 0.2) is 108 Å². The number of alkyl halides is 3. The maximum atomic E-state index is 13.7. The Bertz CT molecular complexity index is 2300. The lowest BCUT2D eigenvalue weighted by Gasteiger charge is -2.34. The number of hydrogen-bond acceptors (Lipinski definition) is 7. The number of imidazole rings is 1. The molecule has 1 saturated heterocycles. The van der Waals surface area contributed by atoms with Crippen molar-refractivity contribution in [3.63, 3.8) is 0 Å². The Morgan fingerprint density at radius 2 is 1.56 bits per heavy atom. The van der Waals surface area contributed by atoms with Gasteiger partial charge in [-0.3, -0.25) is 20.0 Å². The van der Waals surface area contributed by atoms with E-state index >= 15 is 0 Å². The molecular formula is C34H27F3N6O4S. The van der Waals surface area contributed by atoms with E-state index in [9.17, 15) is 31.7 Å². The fourth-order valence-corrected chi connectivity index (χ4v) is 7.64. The number of nitro benzene ring substituents is 1. The Morgan fingerprint density at radius 1 is 0.833 bits per heavy atom. The van der Waals surface area contributed by atoms with E-state index in [0.717, 1.165) is 17.5 Å². The van der Waals surface area contributed by atoms with Gasteiger partial charge in [0, 0.05) is 68.2 Å². The molecule has 0 radical (unpaired) electrons. The van der Waals surface area contributed by atoms with Crippen molar-refractivity contribution in [2.24, 2.45) is 0 Å². The first-order chi connectivity index (χ1) is 23.0. The highest BCUT2D eigenvalue weighted by molar-refractivity contribution is 7.89. The zero-order valence-corrected chi connectivity index (χ0v) is 26.0. The van der Waals surface area contributed by atoms with Gasteiger partial charge in [-0.2, -0.15) is 17.5 Å². The number of fused-ring (bicyclic) bond motifs is 2. The van der Waals surface area contributed by atoms with E-state index in [0.29, 0.717) is 58.9 Å². The Balaban J connectivity index is 1.23. The first-order valence-corrected chi connectivity index (χ1v) is 16.4. The van der Waals surface area contributed by atoms with Crippen molar-refractivity contribution < 1.29 is 26.5 Å². The highest BCUT2D eigenvalue weighted by Crippen LogP contribution is 2.34. The Kier molecular flexibility index (Phi) is 7.93. The SMILES string of the molecule is O=[N+]([O-])c1cccc(-c2nc3ccc(-c4cccc(C(F)(F)F)c4)cn3c2CN2CCN(S(=O)(=O)c3cccc4cccnc34)CC2)c1. The fraction of sp³-hybridized carbons (Fsp3) is 0.176. The fourth-order valence-electron chi connectivity index (χ4n) is 6.05. The number of para-hydroxylation sites is 1. The van der Waals surface area contributed by atoms with Gasteiger partial charge in [-0.05, 0) is 47.5 Å². The quantitative estimate of drug-likeness (QED) is 0.138. The molecule has 4 heterocycles. The van der Waals surface area contributed by atoms with Gasteiger partial charge in [0.15, 0.2) is 0 Å². The number of benzene rings is 3. The molecule has 1 aliphatic rings. The maximum Gasteiger partial charge on any atom is 0.416 e. The summed E-state index contributed by atoms with van der Waals surface area (Å²) in [5.41, 5.74) is 2.58. The van der Waals surface area contributed by atoms with Crippen molar-refractivity contribution in [3.05, 3.63) is 125 Å². The summed E-state index contributed by atoms with van der Waals surface area (Å²) in [4.78, 5) is 22.4. The molecule has 7 rings (SSSR count). The summed E-state index contributed by atoms with van der Waals surface area (Å²) in [6, 6.07) is 23.2. The van der Waals surface area contributed by atoms with Gasteiger partial charge < -0.3 is 4.40 Å². The third-order valence-electron chi connectivity index (χ3n) is 8.49. The molecule has 3 aromatic heterocycles. The van der Waals surface area contributed by atoms with Gasteiger partial charge >= 0.3 is 6.18 Å². The predicted octanol–water partition coefficient (Wildman–Crippen LogP) is 6.65. The van der Waals surface area contributed by atoms with Crippen LogP contribution in [0.5, 0.6) is 0 Å². The average molecular weight is 673 g/mol. The van der Waals surface area contributed by atoms with Crippen LogP contribution >= 0.6 is 0 Å². The molecule has 10 nitrogen and oxygen atoms in total. The molecule has 0 atom stereocenters. The monoisotopic (exact) mass is 672 g/mol. The number of hydrogen-bond donors (Lipinski definition) is 0. The summed E-state index contributed by atoms with van der Waals surface area (Å²) in [5, 5.41) is 12.3. The van der Waals surface area contributed by atoms with Crippen LogP contribution in [-0.4, -0.2) is 63.1 Å². The average Bonchev–Trinajstić information content (AvgIpc) is 3.45. The second-order valence-electron chi connectivity index (χ2n) is 11.5. The Morgan fingerprint density at radius 3 is 2.33 bits per heavy atom. The topological polar surface area (TPSA) is 114 Å². The summed E-state index contributed by atoms with van der Waals surface area (Å²) < 4.78 is 71.1. The van der Waals surface area contributed by atoms with Crippen LogP contribution < -0.4 is 0 Å². The second-order valence-corrected chi connectivity index (χ2v) is 13.4. The molecule has 1 fully saturated rings. The first kappa shape index (κ1) is 31.4. The lowest BCUT2D eigenvalue weighted by Crippen LogP contribution is -2.48. The van der Waals surface area contributed by atoms with Gasteiger partial charge in [0.1, 0.15) is 10.5 Å². The normalized spacial score (nSPS) is 14.9. The van der Waals surface area contributed by atoms with Gasteiger partial charge in [0.25, 0.3) is 5.69 Å². The molecule has 6 aromatic rings. The summed E-state index contributed by atoms with van der Waals surface area (Å²) in [6.07, 6.45) is -1.23. The van der Waals surface area contributed by atoms with Crippen molar-refractivity contribution in [3.8, 4) is 22.4 Å². The van der Waals surface area contributed by atoms with Crippen molar-refractivity contribution in [2.45, 2.75) is 17.6 Å². The lowest BCUT2D eigenvalue weighted by molar-refractivity contribution is -0.384. The van der Waals surface area contributed by atoms with Crippen molar-refractivity contribution in [1.82, 2.24) is 23.6 Å². The van der Waals surface area contributed by atoms with Crippen molar-refractivity contribution >= 4 is 32.3 Å². The largest absolute Gasteiger partial charge is 0.416 e. The van der Waals surface area contributed by atoms with Crippen molar-refractivity contribution in [1.29, 1.82) is 0 Å². The minimum atomic E-state index is -4.50. The maximum absolute atomic E-state index is 13.7. The third-order valence-corrected chi connectivity index (χ3v) is 10.4. The molecule has 0 unspecified atom stereocenters. The number of non-ortho nitro benzene ring substituents is 1. The zero-order chi connectivity index (χ0) is 33.6. The number of aromatic nitrogens is 3. The van der Waals surface area contributed by atoms with Crippen LogP contribution in [0.2, 0.25) is 0 Å². The summed E-state index contributed by atoms with van der Waals surface area (Å²) >= 11 is 0. The molecule has 0 N–H and O–H groups in total. The number of nitro groups is 1. The van der Waals surface area contributed by atoms with E-state index in [4.69, 9.17) is 4.98 Å². The van der Waals surface area contributed by atoms with Crippen LogP contribution in [-0.2, 0) is 22.7 Å². The number of rotatable bonds is 7. The predicted molar refractivity (Wildman–Crippen MR) is 173 cm³/mol. The lowest BCUT2D eigenvalue weighted by atomic mass is 10.0. The van der Waals surface area contributed by atoms with Crippen LogP contribution in [0.3, 0.4) is 0 Å². The van der Waals surface area contributed by atoms with Crippen LogP contribution in [0.1, 0.15) is 11.3 Å². The highest BCUT2D eigenvalue weighted by atomic mass is 32.2. The van der Waals surface area contributed by atoms with E-state index in [1.54, 1.807) is 65.3 Å². The summed E-state index contributed by atoms with van der Waals surface area (Å²) in [7, 11) is -3.84. The van der Waals surface area contributed by atoms with E-state index in [1.807, 2.05) is 12.1 Å². The minimum absolute atomic E-state index is 0.109. The van der Waals surface area contributed by atoms with Crippen LogP contribution in [0.4, 0.5) is 18.9 Å². The van der Waals surface area contributed by atoms with Gasteiger partial charge in [-0.15, -0.1) is 0 Å². The molecule has 244 valence electrons. The van der Waals surface area contributed by atoms with E-state index < -0.39 is 26.7 Å². The van der Waals surface area contributed by atoms with Crippen LogP contribution in [0, 0.1) is 10.1 Å². The standard InChI is InChI=1S/C34H27F3N6O4S/c35-34(36,37)27-9-1-6-24(19-27)26-12-13-31-39-32(25-7-2-10-28(20-25)43(44)45)29(42(31)21-26)22-40-15-17-41(18-16-40)48(46,47)30-11-3-5-23-8-4-14-38-33(23)30/h1-14,19-21H,15-18,22H2. The molecule has 14 heteroatoms. The smallest absolute Gasteiger partial charge is 0.301 e. The molecular weight excluding hydrogens is 645 g/mol. The molecule has 0 aliphatic carbocycles.